The molecule has 3 aromatic carbocycles. The van der Waals surface area contributed by atoms with Crippen molar-refractivity contribution in [3.8, 4) is 6.07 Å². The first-order chi connectivity index (χ1) is 17.3. The highest BCUT2D eigenvalue weighted by atomic mass is 19.1. The zero-order valence-electron chi connectivity index (χ0n) is 19.6. The van der Waals surface area contributed by atoms with E-state index < -0.39 is 35.9 Å². The third-order valence-electron chi connectivity index (χ3n) is 6.33. The Morgan fingerprint density at radius 3 is 2.33 bits per heavy atom. The van der Waals surface area contributed by atoms with E-state index >= 15 is 4.39 Å². The maximum Gasteiger partial charge on any atom is 0.272 e. The number of alkyl halides is 1. The van der Waals surface area contributed by atoms with E-state index in [2.05, 4.69) is 10.6 Å². The van der Waals surface area contributed by atoms with Gasteiger partial charge in [-0.2, -0.15) is 5.26 Å². The number of para-hydroxylation sites is 2. The minimum Gasteiger partial charge on any atom is -0.326 e. The van der Waals surface area contributed by atoms with Crippen LogP contribution in [0, 0.1) is 11.3 Å². The summed E-state index contributed by atoms with van der Waals surface area (Å²) >= 11 is 0. The van der Waals surface area contributed by atoms with E-state index in [0.717, 1.165) is 4.90 Å². The lowest BCUT2D eigenvalue weighted by atomic mass is 9.90. The second-order valence-electron chi connectivity index (χ2n) is 8.71. The number of carbonyl (C=O) groups excluding carboxylic acids is 3. The number of hydrogen-bond acceptors (Lipinski definition) is 4. The minimum atomic E-state index is -2.99. The number of amides is 3. The van der Waals surface area contributed by atoms with Crippen LogP contribution in [-0.4, -0.2) is 41.4 Å². The molecule has 0 radical (unpaired) electrons. The highest BCUT2D eigenvalue weighted by Gasteiger charge is 2.50. The summed E-state index contributed by atoms with van der Waals surface area (Å²) in [5.74, 6) is -3.26. The van der Waals surface area contributed by atoms with Crippen LogP contribution in [0.3, 0.4) is 0 Å². The molecule has 1 aliphatic heterocycles. The van der Waals surface area contributed by atoms with Gasteiger partial charge in [0, 0.05) is 24.8 Å². The summed E-state index contributed by atoms with van der Waals surface area (Å²) in [6.07, 6.45) is -0.552. The van der Waals surface area contributed by atoms with Gasteiger partial charge in [0.05, 0.1) is 12.0 Å². The molecular weight excluding hydrogens is 459 g/mol. The topological polar surface area (TPSA) is 102 Å². The smallest absolute Gasteiger partial charge is 0.272 e. The number of anilines is 2. The second kappa shape index (κ2) is 10.4. The average Bonchev–Trinajstić information content (AvgIpc) is 3.22. The largest absolute Gasteiger partial charge is 0.326 e. The molecule has 0 aromatic heterocycles. The van der Waals surface area contributed by atoms with Gasteiger partial charge < -0.3 is 15.5 Å². The molecule has 0 fully saturated rings. The lowest BCUT2D eigenvalue weighted by Crippen LogP contribution is -2.56. The minimum absolute atomic E-state index is 0.0384. The standard InChI is InChI=1S/C28H25FN4O3/c1-33(21(18-30)16-23-22-14-8-9-15-24(22)32-25(23)34)27(36)28(29,17-19-10-4-2-5-11-19)26(35)31-20-12-6-3-7-13-20/h2-15,21,23H,16-17H2,1H3,(H,31,35)(H,32,34). The Bertz CT molecular complexity index is 1310. The molecule has 4 rings (SSSR count). The van der Waals surface area contributed by atoms with Gasteiger partial charge in [-0.1, -0.05) is 66.7 Å². The van der Waals surface area contributed by atoms with Crippen LogP contribution in [0.1, 0.15) is 23.5 Å². The van der Waals surface area contributed by atoms with E-state index in [1.807, 2.05) is 6.07 Å². The summed E-state index contributed by atoms with van der Waals surface area (Å²) in [7, 11) is 1.28. The third kappa shape index (κ3) is 4.96. The molecule has 8 heteroatoms. The van der Waals surface area contributed by atoms with Crippen LogP contribution in [-0.2, 0) is 20.8 Å². The van der Waals surface area contributed by atoms with Crippen molar-refractivity contribution in [2.24, 2.45) is 0 Å². The maximum atomic E-state index is 16.5. The molecule has 3 atom stereocenters. The molecule has 7 nitrogen and oxygen atoms in total. The molecule has 36 heavy (non-hydrogen) atoms. The van der Waals surface area contributed by atoms with Crippen molar-refractivity contribution in [3.63, 3.8) is 0 Å². The number of fused-ring (bicyclic) bond motifs is 1. The Hall–Kier alpha value is -4.51. The molecule has 2 N–H and O–H groups in total. The van der Waals surface area contributed by atoms with E-state index in [0.29, 0.717) is 22.5 Å². The van der Waals surface area contributed by atoms with Crippen molar-refractivity contribution in [1.29, 1.82) is 5.26 Å². The van der Waals surface area contributed by atoms with Gasteiger partial charge in [0.1, 0.15) is 6.04 Å². The summed E-state index contributed by atoms with van der Waals surface area (Å²) in [5, 5.41) is 15.1. The molecule has 0 aliphatic carbocycles. The number of nitrogens with one attached hydrogen (secondary N) is 2. The molecule has 3 aromatic rings. The van der Waals surface area contributed by atoms with E-state index in [4.69, 9.17) is 0 Å². The van der Waals surface area contributed by atoms with Crippen LogP contribution < -0.4 is 10.6 Å². The second-order valence-corrected chi connectivity index (χ2v) is 8.71. The Morgan fingerprint density at radius 2 is 1.67 bits per heavy atom. The van der Waals surface area contributed by atoms with E-state index in [1.165, 1.54) is 7.05 Å². The van der Waals surface area contributed by atoms with Gasteiger partial charge in [-0.25, -0.2) is 4.39 Å². The third-order valence-corrected chi connectivity index (χ3v) is 6.33. The maximum absolute atomic E-state index is 16.5. The summed E-state index contributed by atoms with van der Waals surface area (Å²) in [4.78, 5) is 40.2. The van der Waals surface area contributed by atoms with E-state index in [9.17, 15) is 19.6 Å². The van der Waals surface area contributed by atoms with Crippen molar-refractivity contribution < 1.29 is 18.8 Å². The lowest BCUT2D eigenvalue weighted by molar-refractivity contribution is -0.151. The Kier molecular flexibility index (Phi) is 7.11. The van der Waals surface area contributed by atoms with Crippen LogP contribution in [0.25, 0.3) is 0 Å². The van der Waals surface area contributed by atoms with Gasteiger partial charge in [-0.15, -0.1) is 0 Å². The number of hydrogen-bond donors (Lipinski definition) is 2. The summed E-state index contributed by atoms with van der Waals surface area (Å²) in [6, 6.07) is 24.6. The SMILES string of the molecule is CN(C(=O)C(F)(Cc1ccccc1)C(=O)Nc1ccccc1)C(C#N)CC1C(=O)Nc2ccccc21. The zero-order chi connectivity index (χ0) is 25.7. The first-order valence-corrected chi connectivity index (χ1v) is 11.5. The van der Waals surface area contributed by atoms with Gasteiger partial charge in [0.15, 0.2) is 0 Å². The Morgan fingerprint density at radius 1 is 1.06 bits per heavy atom. The van der Waals surface area contributed by atoms with Crippen molar-refractivity contribution in [1.82, 2.24) is 4.90 Å². The fourth-order valence-electron chi connectivity index (χ4n) is 4.33. The van der Waals surface area contributed by atoms with Crippen LogP contribution in [0.5, 0.6) is 0 Å². The lowest BCUT2D eigenvalue weighted by Gasteiger charge is -2.31. The van der Waals surface area contributed by atoms with Crippen LogP contribution in [0.4, 0.5) is 15.8 Å². The predicted molar refractivity (Wildman–Crippen MR) is 134 cm³/mol. The van der Waals surface area contributed by atoms with Crippen LogP contribution in [0.2, 0.25) is 0 Å². The van der Waals surface area contributed by atoms with Crippen molar-refractivity contribution in [3.05, 3.63) is 96.1 Å². The summed E-state index contributed by atoms with van der Waals surface area (Å²) < 4.78 is 16.5. The van der Waals surface area contributed by atoms with E-state index in [1.54, 1.807) is 84.9 Å². The van der Waals surface area contributed by atoms with Gasteiger partial charge in [-0.05, 0) is 35.7 Å². The number of nitriles is 1. The molecule has 3 amide bonds. The first kappa shape index (κ1) is 24.6. The number of halogens is 1. The van der Waals surface area contributed by atoms with Crippen LogP contribution in [0.15, 0.2) is 84.9 Å². The summed E-state index contributed by atoms with van der Waals surface area (Å²) in [5.41, 5.74) is -0.853. The Balaban J connectivity index is 1.60. The van der Waals surface area contributed by atoms with Crippen molar-refractivity contribution in [2.75, 3.05) is 17.7 Å². The van der Waals surface area contributed by atoms with Crippen LogP contribution >= 0.6 is 0 Å². The van der Waals surface area contributed by atoms with Gasteiger partial charge in [0.25, 0.3) is 17.5 Å². The molecule has 0 bridgehead atoms. The molecule has 0 saturated carbocycles. The number of carbonyl (C=O) groups is 3. The van der Waals surface area contributed by atoms with Crippen molar-refractivity contribution in [2.45, 2.75) is 30.5 Å². The monoisotopic (exact) mass is 484 g/mol. The number of benzene rings is 3. The molecule has 0 spiro atoms. The number of nitrogens with zero attached hydrogens (tertiary/aromatic N) is 2. The highest BCUT2D eigenvalue weighted by Crippen LogP contribution is 2.36. The molecule has 1 heterocycles. The molecule has 182 valence electrons. The Labute approximate surface area is 208 Å². The fraction of sp³-hybridized carbons (Fsp3) is 0.214. The van der Waals surface area contributed by atoms with Gasteiger partial charge in [-0.3, -0.25) is 14.4 Å². The summed E-state index contributed by atoms with van der Waals surface area (Å²) in [6.45, 7) is 0. The highest BCUT2D eigenvalue weighted by molar-refractivity contribution is 6.14. The number of rotatable bonds is 8. The normalized spacial score (nSPS) is 16.6. The molecule has 0 saturated heterocycles. The quantitative estimate of drug-likeness (QED) is 0.471. The van der Waals surface area contributed by atoms with E-state index in [-0.39, 0.29) is 12.3 Å². The van der Waals surface area contributed by atoms with Crippen molar-refractivity contribution >= 4 is 29.1 Å². The average molecular weight is 485 g/mol. The molecule has 3 unspecified atom stereocenters. The predicted octanol–water partition coefficient (Wildman–Crippen LogP) is 4.05. The molecular formula is C28H25FN4O3. The molecule has 1 aliphatic rings. The fourth-order valence-corrected chi connectivity index (χ4v) is 4.33. The van der Waals surface area contributed by atoms with Gasteiger partial charge >= 0.3 is 0 Å². The first-order valence-electron chi connectivity index (χ1n) is 11.5. The van der Waals surface area contributed by atoms with Gasteiger partial charge in [0.2, 0.25) is 5.91 Å². The zero-order valence-corrected chi connectivity index (χ0v) is 19.6.